The number of nitrogens with one attached hydrogen (secondary N) is 1. The van der Waals surface area contributed by atoms with Crippen LogP contribution in [0.25, 0.3) is 10.8 Å². The molecule has 1 N–H and O–H groups in total. The lowest BCUT2D eigenvalue weighted by molar-refractivity contribution is -0.921. The maximum atomic E-state index is 13.1. The first kappa shape index (κ1) is 20.3. The molecule has 2 fully saturated rings. The maximum absolute atomic E-state index is 13.1. The van der Waals surface area contributed by atoms with Crippen LogP contribution in [0.4, 0.5) is 0 Å². The summed E-state index contributed by atoms with van der Waals surface area (Å²) in [6.07, 6.45) is 3.62. The van der Waals surface area contributed by atoms with Crippen molar-refractivity contribution in [1.82, 2.24) is 9.21 Å². The molecule has 0 radical (unpaired) electrons. The van der Waals surface area contributed by atoms with Gasteiger partial charge in [0.2, 0.25) is 10.0 Å². The number of hydrogen-bond donors (Lipinski definition) is 1. The predicted molar refractivity (Wildman–Crippen MR) is 113 cm³/mol. The Kier molecular flexibility index (Phi) is 5.90. The highest BCUT2D eigenvalue weighted by atomic mass is 32.2. The zero-order valence-electron chi connectivity index (χ0n) is 17.0. The number of carbonyl (C=O) groups is 1. The molecule has 2 aromatic rings. The van der Waals surface area contributed by atoms with Crippen molar-refractivity contribution >= 4 is 26.7 Å². The van der Waals surface area contributed by atoms with Gasteiger partial charge in [0.25, 0.3) is 5.91 Å². The lowest BCUT2D eigenvalue weighted by Crippen LogP contribution is -3.17. The van der Waals surface area contributed by atoms with Gasteiger partial charge in [0.05, 0.1) is 17.5 Å². The first-order valence-corrected chi connectivity index (χ1v) is 12.0. The zero-order chi connectivity index (χ0) is 20.4. The maximum Gasteiger partial charge on any atom is 0.277 e. The molecular weight excluding hydrogens is 386 g/mol. The first-order chi connectivity index (χ1) is 13.9. The van der Waals surface area contributed by atoms with Crippen molar-refractivity contribution in [1.29, 1.82) is 0 Å². The van der Waals surface area contributed by atoms with E-state index in [1.165, 1.54) is 28.5 Å². The van der Waals surface area contributed by atoms with Crippen LogP contribution in [-0.2, 0) is 14.8 Å². The summed E-state index contributed by atoms with van der Waals surface area (Å²) in [5.74, 6) is 0.150. The van der Waals surface area contributed by atoms with Gasteiger partial charge in [-0.25, -0.2) is 8.42 Å². The highest BCUT2D eigenvalue weighted by molar-refractivity contribution is 7.89. The van der Waals surface area contributed by atoms with Crippen LogP contribution in [0.15, 0.2) is 47.4 Å². The minimum absolute atomic E-state index is 0.150. The van der Waals surface area contributed by atoms with E-state index in [9.17, 15) is 13.2 Å². The second kappa shape index (κ2) is 8.42. The summed E-state index contributed by atoms with van der Waals surface area (Å²) in [5.41, 5.74) is 0. The monoisotopic (exact) mass is 416 g/mol. The van der Waals surface area contributed by atoms with Crippen LogP contribution in [0.3, 0.4) is 0 Å². The molecule has 2 atom stereocenters. The van der Waals surface area contributed by atoms with E-state index in [2.05, 4.69) is 6.92 Å². The molecule has 2 saturated heterocycles. The Hall–Kier alpha value is -1.96. The largest absolute Gasteiger partial charge is 0.335 e. The molecule has 1 unspecified atom stereocenters. The highest BCUT2D eigenvalue weighted by Crippen LogP contribution is 2.22. The number of likely N-dealkylation sites (tertiary alicyclic amines) is 1. The predicted octanol–water partition coefficient (Wildman–Crippen LogP) is 1.13. The molecule has 0 saturated carbocycles. The molecule has 0 aliphatic carbocycles. The van der Waals surface area contributed by atoms with Crippen LogP contribution >= 0.6 is 0 Å². The molecule has 4 rings (SSSR count). The minimum Gasteiger partial charge on any atom is -0.335 e. The number of nitrogens with zero attached hydrogens (tertiary/aromatic N) is 2. The molecule has 2 aliphatic heterocycles. The molecule has 0 aromatic heterocycles. The van der Waals surface area contributed by atoms with E-state index in [1.54, 1.807) is 12.1 Å². The van der Waals surface area contributed by atoms with Gasteiger partial charge in [0.1, 0.15) is 0 Å². The van der Waals surface area contributed by atoms with Gasteiger partial charge in [0.15, 0.2) is 6.54 Å². The molecule has 2 aliphatic rings. The van der Waals surface area contributed by atoms with E-state index in [0.29, 0.717) is 43.7 Å². The number of hydrogen-bond acceptors (Lipinski definition) is 3. The van der Waals surface area contributed by atoms with Crippen molar-refractivity contribution in [3.8, 4) is 0 Å². The van der Waals surface area contributed by atoms with Crippen molar-refractivity contribution < 1.29 is 18.1 Å². The van der Waals surface area contributed by atoms with Crippen molar-refractivity contribution in [2.24, 2.45) is 0 Å². The number of quaternary nitrogens is 1. The average Bonchev–Trinajstić information content (AvgIpc) is 2.75. The fourth-order valence-electron chi connectivity index (χ4n) is 4.48. The first-order valence-electron chi connectivity index (χ1n) is 10.6. The fraction of sp³-hybridized carbons (Fsp3) is 0.500. The normalized spacial score (nSPS) is 24.0. The van der Waals surface area contributed by atoms with Crippen LogP contribution in [0.1, 0.15) is 26.2 Å². The lowest BCUT2D eigenvalue weighted by atomic mass is 10.0. The Balaban J connectivity index is 1.39. The van der Waals surface area contributed by atoms with Crippen molar-refractivity contribution in [3.63, 3.8) is 0 Å². The standard InChI is InChI=1S/C22H29N3O3S/c1-18-6-4-5-11-24(18)17-22(26)23-12-14-25(15-13-23)29(27,28)21-10-9-19-7-2-3-8-20(19)16-21/h2-3,7-10,16,18H,4-6,11-15,17H2,1H3/p+1/t18-/m0/s1. The summed E-state index contributed by atoms with van der Waals surface area (Å²) in [7, 11) is -3.55. The second-order valence-corrected chi connectivity index (χ2v) is 10.2. The highest BCUT2D eigenvalue weighted by Gasteiger charge is 2.32. The molecule has 6 nitrogen and oxygen atoms in total. The van der Waals surface area contributed by atoms with Gasteiger partial charge in [-0.2, -0.15) is 4.31 Å². The summed E-state index contributed by atoms with van der Waals surface area (Å²) in [6, 6.07) is 13.6. The lowest BCUT2D eigenvalue weighted by Gasteiger charge is -2.36. The van der Waals surface area contributed by atoms with Gasteiger partial charge < -0.3 is 9.80 Å². The number of amides is 1. The quantitative estimate of drug-likeness (QED) is 0.813. The third-order valence-electron chi connectivity index (χ3n) is 6.41. The van der Waals surface area contributed by atoms with Crippen molar-refractivity contribution in [2.45, 2.75) is 37.1 Å². The number of benzene rings is 2. The molecule has 0 bridgehead atoms. The van der Waals surface area contributed by atoms with Crippen LogP contribution in [0.2, 0.25) is 0 Å². The number of fused-ring (bicyclic) bond motifs is 1. The average molecular weight is 417 g/mol. The number of carbonyl (C=O) groups excluding carboxylic acids is 1. The summed E-state index contributed by atoms with van der Waals surface area (Å²) in [5, 5.41) is 1.94. The summed E-state index contributed by atoms with van der Waals surface area (Å²) < 4.78 is 27.7. The van der Waals surface area contributed by atoms with E-state index in [1.807, 2.05) is 35.2 Å². The van der Waals surface area contributed by atoms with Crippen LogP contribution in [0, 0.1) is 0 Å². The molecule has 29 heavy (non-hydrogen) atoms. The van der Waals surface area contributed by atoms with Gasteiger partial charge in [-0.3, -0.25) is 4.79 Å². The van der Waals surface area contributed by atoms with E-state index in [0.717, 1.165) is 17.3 Å². The summed E-state index contributed by atoms with van der Waals surface area (Å²) in [4.78, 5) is 16.2. The Morgan fingerprint density at radius 2 is 1.76 bits per heavy atom. The van der Waals surface area contributed by atoms with Crippen LogP contribution in [-0.4, -0.2) is 68.8 Å². The smallest absolute Gasteiger partial charge is 0.277 e. The Bertz CT molecular complexity index is 984. The minimum atomic E-state index is -3.55. The van der Waals surface area contributed by atoms with Crippen molar-refractivity contribution in [3.05, 3.63) is 42.5 Å². The molecule has 1 amide bonds. The number of rotatable bonds is 4. The molecule has 7 heteroatoms. The van der Waals surface area contributed by atoms with Crippen LogP contribution in [0.5, 0.6) is 0 Å². The van der Waals surface area contributed by atoms with Gasteiger partial charge in [-0.1, -0.05) is 30.3 Å². The second-order valence-electron chi connectivity index (χ2n) is 8.28. The van der Waals surface area contributed by atoms with Gasteiger partial charge >= 0.3 is 0 Å². The van der Waals surface area contributed by atoms with E-state index in [4.69, 9.17) is 0 Å². The van der Waals surface area contributed by atoms with E-state index >= 15 is 0 Å². The van der Waals surface area contributed by atoms with Gasteiger partial charge in [0, 0.05) is 26.2 Å². The molecular formula is C22H30N3O3S+. The Labute approximate surface area is 173 Å². The van der Waals surface area contributed by atoms with Crippen LogP contribution < -0.4 is 4.90 Å². The van der Waals surface area contributed by atoms with Gasteiger partial charge in [-0.05, 0) is 49.1 Å². The number of piperidine rings is 1. The third-order valence-corrected chi connectivity index (χ3v) is 8.30. The number of piperazine rings is 1. The Morgan fingerprint density at radius 1 is 1.03 bits per heavy atom. The van der Waals surface area contributed by atoms with Crippen molar-refractivity contribution in [2.75, 3.05) is 39.3 Å². The third kappa shape index (κ3) is 4.32. The molecule has 2 heterocycles. The number of sulfonamides is 1. The summed E-state index contributed by atoms with van der Waals surface area (Å²) in [6.45, 7) is 5.44. The SMILES string of the molecule is C[C@H]1CCCC[NH+]1CC(=O)N1CCN(S(=O)(=O)c2ccc3ccccc3c2)CC1. The molecule has 156 valence electrons. The Morgan fingerprint density at radius 3 is 2.48 bits per heavy atom. The zero-order valence-corrected chi connectivity index (χ0v) is 17.8. The summed E-state index contributed by atoms with van der Waals surface area (Å²) >= 11 is 0. The van der Waals surface area contributed by atoms with E-state index < -0.39 is 10.0 Å². The fourth-order valence-corrected chi connectivity index (χ4v) is 5.93. The van der Waals surface area contributed by atoms with E-state index in [-0.39, 0.29) is 5.91 Å². The topological polar surface area (TPSA) is 62.1 Å². The molecule has 2 aromatic carbocycles. The van der Waals surface area contributed by atoms with Gasteiger partial charge in [-0.15, -0.1) is 0 Å². The molecule has 0 spiro atoms.